The number of aromatic nitrogens is 1. The van der Waals surface area contributed by atoms with Crippen molar-refractivity contribution >= 4 is 11.6 Å². The van der Waals surface area contributed by atoms with Crippen molar-refractivity contribution < 1.29 is 17.9 Å². The summed E-state index contributed by atoms with van der Waals surface area (Å²) in [5.41, 5.74) is -0.888. The Morgan fingerprint density at radius 1 is 1.47 bits per heavy atom. The molecule has 1 aromatic rings. The minimum absolute atomic E-state index is 0.0173. The lowest BCUT2D eigenvalue weighted by Gasteiger charge is -2.09. The Hall–Kier alpha value is -1.23. The average Bonchev–Trinajstić information content (AvgIpc) is 2.24. The lowest BCUT2D eigenvalue weighted by molar-refractivity contribution is -0.137. The van der Waals surface area contributed by atoms with E-state index in [0.29, 0.717) is 19.2 Å². The molecule has 0 saturated heterocycles. The molecule has 1 rings (SSSR count). The highest BCUT2D eigenvalue weighted by Crippen LogP contribution is 2.33. The molecule has 2 nitrogen and oxygen atoms in total. The van der Waals surface area contributed by atoms with Gasteiger partial charge in [0.25, 0.3) is 0 Å². The Balaban J connectivity index is 2.67. The molecule has 0 atom stereocenters. The smallest absolute Gasteiger partial charge is 0.417 e. The van der Waals surface area contributed by atoms with Gasteiger partial charge in [-0.2, -0.15) is 13.2 Å². The van der Waals surface area contributed by atoms with E-state index >= 15 is 0 Å². The number of allylic oxidation sites excluding steroid dienone is 1. The minimum Gasteiger partial charge on any atom is -0.477 e. The summed E-state index contributed by atoms with van der Waals surface area (Å²) in [5, 5.41) is -0.140. The van der Waals surface area contributed by atoms with Crippen LogP contribution in [0.4, 0.5) is 13.2 Å². The zero-order valence-electron chi connectivity index (χ0n) is 8.93. The molecule has 0 aliphatic carbocycles. The molecular formula is C11H11ClF3NO. The monoisotopic (exact) mass is 265 g/mol. The maximum atomic E-state index is 12.3. The van der Waals surface area contributed by atoms with Gasteiger partial charge in [-0.25, -0.2) is 4.98 Å². The molecule has 1 heterocycles. The number of halogens is 4. The number of pyridine rings is 1. The molecule has 0 spiro atoms. The SMILES string of the molecule is C=CCCCOc1ncc(C(F)(F)F)cc1Cl. The summed E-state index contributed by atoms with van der Waals surface area (Å²) in [6.07, 6.45) is -0.543. The summed E-state index contributed by atoms with van der Waals surface area (Å²) in [6, 6.07) is 0.803. The predicted molar refractivity (Wildman–Crippen MR) is 59.2 cm³/mol. The van der Waals surface area contributed by atoms with Gasteiger partial charge >= 0.3 is 6.18 Å². The molecule has 0 amide bonds. The normalized spacial score (nSPS) is 11.3. The first-order valence-corrected chi connectivity index (χ1v) is 5.29. The number of hydrogen-bond donors (Lipinski definition) is 0. The van der Waals surface area contributed by atoms with E-state index in [1.807, 2.05) is 0 Å². The van der Waals surface area contributed by atoms with Crippen LogP contribution >= 0.6 is 11.6 Å². The molecule has 0 aliphatic heterocycles. The summed E-state index contributed by atoms with van der Waals surface area (Å²) >= 11 is 5.64. The van der Waals surface area contributed by atoms with Crippen LogP contribution in [0.1, 0.15) is 18.4 Å². The van der Waals surface area contributed by atoms with Gasteiger partial charge < -0.3 is 4.74 Å². The summed E-state index contributed by atoms with van der Waals surface area (Å²) in [7, 11) is 0. The number of alkyl halides is 3. The second-order valence-electron chi connectivity index (χ2n) is 3.29. The Labute approximate surface area is 102 Å². The Morgan fingerprint density at radius 3 is 2.71 bits per heavy atom. The summed E-state index contributed by atoms with van der Waals surface area (Å²) in [6.45, 7) is 3.88. The molecule has 17 heavy (non-hydrogen) atoms. The van der Waals surface area contributed by atoms with Crippen LogP contribution < -0.4 is 4.74 Å². The lowest BCUT2D eigenvalue weighted by Crippen LogP contribution is -2.07. The molecule has 0 fully saturated rings. The van der Waals surface area contributed by atoms with Gasteiger partial charge in [-0.1, -0.05) is 17.7 Å². The molecule has 0 unspecified atom stereocenters. The number of ether oxygens (including phenoxy) is 1. The summed E-state index contributed by atoms with van der Waals surface area (Å²) in [4.78, 5) is 3.54. The third-order valence-electron chi connectivity index (χ3n) is 1.93. The van der Waals surface area contributed by atoms with Gasteiger partial charge in [0, 0.05) is 6.20 Å². The van der Waals surface area contributed by atoms with Crippen LogP contribution in [0.3, 0.4) is 0 Å². The highest BCUT2D eigenvalue weighted by atomic mass is 35.5. The van der Waals surface area contributed by atoms with Crippen molar-refractivity contribution in [3.05, 3.63) is 35.5 Å². The molecule has 94 valence electrons. The third kappa shape index (κ3) is 4.26. The Bertz CT molecular complexity index is 393. The molecule has 6 heteroatoms. The minimum atomic E-state index is -4.45. The van der Waals surface area contributed by atoms with Gasteiger partial charge in [-0.15, -0.1) is 6.58 Å². The van der Waals surface area contributed by atoms with Crippen molar-refractivity contribution in [2.24, 2.45) is 0 Å². The molecule has 1 aromatic heterocycles. The van der Waals surface area contributed by atoms with E-state index < -0.39 is 11.7 Å². The van der Waals surface area contributed by atoms with E-state index in [1.165, 1.54) is 0 Å². The Kier molecular flexibility index (Phi) is 4.81. The van der Waals surface area contributed by atoms with E-state index in [1.54, 1.807) is 6.08 Å². The topological polar surface area (TPSA) is 22.1 Å². The van der Waals surface area contributed by atoms with Gasteiger partial charge in [-0.05, 0) is 18.9 Å². The number of hydrogen-bond acceptors (Lipinski definition) is 2. The fraction of sp³-hybridized carbons (Fsp3) is 0.364. The highest BCUT2D eigenvalue weighted by Gasteiger charge is 2.31. The maximum Gasteiger partial charge on any atom is 0.417 e. The van der Waals surface area contributed by atoms with Crippen molar-refractivity contribution in [3.63, 3.8) is 0 Å². The molecule has 0 radical (unpaired) electrons. The van der Waals surface area contributed by atoms with E-state index in [-0.39, 0.29) is 10.9 Å². The van der Waals surface area contributed by atoms with Crippen molar-refractivity contribution in [3.8, 4) is 5.88 Å². The van der Waals surface area contributed by atoms with E-state index in [4.69, 9.17) is 16.3 Å². The second-order valence-corrected chi connectivity index (χ2v) is 3.70. The number of unbranched alkanes of at least 4 members (excludes halogenated alkanes) is 1. The fourth-order valence-corrected chi connectivity index (χ4v) is 1.30. The van der Waals surface area contributed by atoms with E-state index in [2.05, 4.69) is 11.6 Å². The zero-order chi connectivity index (χ0) is 12.9. The molecule has 0 N–H and O–H groups in total. The first-order chi connectivity index (χ1) is 7.95. The van der Waals surface area contributed by atoms with Crippen molar-refractivity contribution in [1.82, 2.24) is 4.98 Å². The van der Waals surface area contributed by atoms with E-state index in [0.717, 1.165) is 12.5 Å². The number of nitrogens with zero attached hydrogens (tertiary/aromatic N) is 1. The van der Waals surface area contributed by atoms with Crippen LogP contribution in [0, 0.1) is 0 Å². The van der Waals surface area contributed by atoms with Crippen LogP contribution in [0.5, 0.6) is 5.88 Å². The maximum absolute atomic E-state index is 12.3. The van der Waals surface area contributed by atoms with Crippen LogP contribution in [0.15, 0.2) is 24.9 Å². The standard InChI is InChI=1S/C11H11ClF3NO/c1-2-3-4-5-17-10-9(12)6-8(7-16-10)11(13,14)15/h2,6-7H,1,3-5H2. The zero-order valence-corrected chi connectivity index (χ0v) is 9.68. The summed E-state index contributed by atoms with van der Waals surface area (Å²) in [5.74, 6) is 0.0173. The van der Waals surface area contributed by atoms with Crippen molar-refractivity contribution in [2.75, 3.05) is 6.61 Å². The van der Waals surface area contributed by atoms with Crippen LogP contribution in [0.25, 0.3) is 0 Å². The van der Waals surface area contributed by atoms with Crippen molar-refractivity contribution in [2.45, 2.75) is 19.0 Å². The third-order valence-corrected chi connectivity index (χ3v) is 2.20. The fourth-order valence-electron chi connectivity index (χ4n) is 1.08. The average molecular weight is 266 g/mol. The quantitative estimate of drug-likeness (QED) is 0.591. The van der Waals surface area contributed by atoms with Crippen LogP contribution in [-0.4, -0.2) is 11.6 Å². The Morgan fingerprint density at radius 2 is 2.18 bits per heavy atom. The molecule has 0 aliphatic rings. The molecule has 0 aromatic carbocycles. The van der Waals surface area contributed by atoms with Gasteiger partial charge in [0.05, 0.1) is 12.2 Å². The van der Waals surface area contributed by atoms with Crippen LogP contribution in [-0.2, 0) is 6.18 Å². The van der Waals surface area contributed by atoms with Crippen molar-refractivity contribution in [1.29, 1.82) is 0 Å². The number of rotatable bonds is 5. The van der Waals surface area contributed by atoms with Gasteiger partial charge in [-0.3, -0.25) is 0 Å². The summed E-state index contributed by atoms with van der Waals surface area (Å²) < 4.78 is 42.1. The molecular weight excluding hydrogens is 255 g/mol. The lowest BCUT2D eigenvalue weighted by atomic mass is 10.3. The highest BCUT2D eigenvalue weighted by molar-refractivity contribution is 6.31. The van der Waals surface area contributed by atoms with Gasteiger partial charge in [0.15, 0.2) is 0 Å². The van der Waals surface area contributed by atoms with E-state index in [9.17, 15) is 13.2 Å². The molecule has 0 saturated carbocycles. The first-order valence-electron chi connectivity index (χ1n) is 4.91. The van der Waals surface area contributed by atoms with Gasteiger partial charge in [0.2, 0.25) is 5.88 Å². The largest absolute Gasteiger partial charge is 0.477 e. The van der Waals surface area contributed by atoms with Crippen LogP contribution in [0.2, 0.25) is 5.02 Å². The first kappa shape index (κ1) is 13.8. The predicted octanol–water partition coefficient (Wildman–Crippen LogP) is 4.10. The second kappa shape index (κ2) is 5.91. The molecule has 0 bridgehead atoms. The van der Waals surface area contributed by atoms with Gasteiger partial charge in [0.1, 0.15) is 5.02 Å².